The van der Waals surface area contributed by atoms with Gasteiger partial charge in [-0.1, -0.05) is 31.2 Å². The number of benzene rings is 1. The Balaban J connectivity index is 1.83. The molecule has 1 fully saturated rings. The SMILES string of the molecule is CCOC(=O)N1CCN(C(=O)Cc2ccc(CC)cc2)CC1. The van der Waals surface area contributed by atoms with E-state index in [1.165, 1.54) is 5.56 Å². The molecule has 22 heavy (non-hydrogen) atoms. The molecule has 120 valence electrons. The summed E-state index contributed by atoms with van der Waals surface area (Å²) < 4.78 is 4.98. The van der Waals surface area contributed by atoms with Crippen LogP contribution in [0, 0.1) is 0 Å². The third-order valence-corrected chi connectivity index (χ3v) is 3.94. The lowest BCUT2D eigenvalue weighted by atomic mass is 10.1. The van der Waals surface area contributed by atoms with Crippen LogP contribution in [-0.4, -0.2) is 54.6 Å². The van der Waals surface area contributed by atoms with E-state index in [4.69, 9.17) is 4.74 Å². The predicted molar refractivity (Wildman–Crippen MR) is 84.7 cm³/mol. The smallest absolute Gasteiger partial charge is 0.409 e. The fourth-order valence-corrected chi connectivity index (χ4v) is 2.53. The molecule has 0 atom stereocenters. The zero-order chi connectivity index (χ0) is 15.9. The molecule has 1 heterocycles. The molecule has 2 rings (SSSR count). The molecule has 0 N–H and O–H groups in total. The first kappa shape index (κ1) is 16.3. The van der Waals surface area contributed by atoms with Gasteiger partial charge in [0.15, 0.2) is 0 Å². The zero-order valence-corrected chi connectivity index (χ0v) is 13.4. The van der Waals surface area contributed by atoms with Gasteiger partial charge < -0.3 is 14.5 Å². The molecule has 0 unspecified atom stereocenters. The van der Waals surface area contributed by atoms with Crippen molar-refractivity contribution in [3.8, 4) is 0 Å². The fourth-order valence-electron chi connectivity index (χ4n) is 2.53. The molecule has 0 radical (unpaired) electrons. The summed E-state index contributed by atoms with van der Waals surface area (Å²) in [6.45, 7) is 6.52. The molecule has 1 aliphatic rings. The van der Waals surface area contributed by atoms with E-state index in [9.17, 15) is 9.59 Å². The van der Waals surface area contributed by atoms with Crippen LogP contribution >= 0.6 is 0 Å². The molecule has 0 spiro atoms. The van der Waals surface area contributed by atoms with Gasteiger partial charge in [-0.3, -0.25) is 4.79 Å². The number of carbonyl (C=O) groups is 2. The molecule has 5 heteroatoms. The Bertz CT molecular complexity index is 505. The average Bonchev–Trinajstić information content (AvgIpc) is 2.56. The Morgan fingerprint density at radius 3 is 2.05 bits per heavy atom. The summed E-state index contributed by atoms with van der Waals surface area (Å²) >= 11 is 0. The molecule has 2 amide bonds. The first-order valence-corrected chi connectivity index (χ1v) is 7.91. The van der Waals surface area contributed by atoms with E-state index in [1.54, 1.807) is 11.8 Å². The monoisotopic (exact) mass is 304 g/mol. The van der Waals surface area contributed by atoms with Crippen LogP contribution in [0.2, 0.25) is 0 Å². The number of nitrogens with zero attached hydrogens (tertiary/aromatic N) is 2. The van der Waals surface area contributed by atoms with Crippen LogP contribution in [0.3, 0.4) is 0 Å². The van der Waals surface area contributed by atoms with Gasteiger partial charge >= 0.3 is 6.09 Å². The van der Waals surface area contributed by atoms with Gasteiger partial charge in [0.25, 0.3) is 0 Å². The summed E-state index contributed by atoms with van der Waals surface area (Å²) in [5.74, 6) is 0.118. The minimum absolute atomic E-state index is 0.118. The Labute approximate surface area is 131 Å². The Hall–Kier alpha value is -2.04. The Kier molecular flexibility index (Phi) is 5.81. The highest BCUT2D eigenvalue weighted by Gasteiger charge is 2.24. The molecule has 1 saturated heterocycles. The maximum absolute atomic E-state index is 12.3. The van der Waals surface area contributed by atoms with Crippen LogP contribution in [-0.2, 0) is 22.4 Å². The molecule has 0 bridgehead atoms. The summed E-state index contributed by atoms with van der Waals surface area (Å²) in [6, 6.07) is 8.18. The van der Waals surface area contributed by atoms with Crippen molar-refractivity contribution >= 4 is 12.0 Å². The largest absolute Gasteiger partial charge is 0.450 e. The van der Waals surface area contributed by atoms with Crippen LogP contribution in [0.5, 0.6) is 0 Å². The van der Waals surface area contributed by atoms with Crippen molar-refractivity contribution in [3.63, 3.8) is 0 Å². The van der Waals surface area contributed by atoms with Crippen molar-refractivity contribution in [1.82, 2.24) is 9.80 Å². The maximum Gasteiger partial charge on any atom is 0.409 e. The molecule has 0 aromatic heterocycles. The van der Waals surface area contributed by atoms with Crippen molar-refractivity contribution in [2.24, 2.45) is 0 Å². The molecule has 1 aromatic carbocycles. The van der Waals surface area contributed by atoms with E-state index in [-0.39, 0.29) is 12.0 Å². The van der Waals surface area contributed by atoms with Gasteiger partial charge in [0.05, 0.1) is 13.0 Å². The third-order valence-electron chi connectivity index (χ3n) is 3.94. The molecule has 1 aliphatic heterocycles. The Morgan fingerprint density at radius 1 is 0.955 bits per heavy atom. The van der Waals surface area contributed by atoms with E-state index in [2.05, 4.69) is 19.1 Å². The number of ether oxygens (including phenoxy) is 1. The number of hydrogen-bond donors (Lipinski definition) is 0. The van der Waals surface area contributed by atoms with Crippen molar-refractivity contribution in [3.05, 3.63) is 35.4 Å². The van der Waals surface area contributed by atoms with Crippen LogP contribution in [0.1, 0.15) is 25.0 Å². The fraction of sp³-hybridized carbons (Fsp3) is 0.529. The Morgan fingerprint density at radius 2 is 1.50 bits per heavy atom. The van der Waals surface area contributed by atoms with Gasteiger partial charge in [0, 0.05) is 26.2 Å². The average molecular weight is 304 g/mol. The van der Waals surface area contributed by atoms with Crippen molar-refractivity contribution in [2.75, 3.05) is 32.8 Å². The topological polar surface area (TPSA) is 49.9 Å². The number of piperazine rings is 1. The first-order chi connectivity index (χ1) is 10.6. The summed E-state index contributed by atoms with van der Waals surface area (Å²) in [4.78, 5) is 27.4. The molecule has 0 aliphatic carbocycles. The lowest BCUT2D eigenvalue weighted by Crippen LogP contribution is -2.51. The van der Waals surface area contributed by atoms with Gasteiger partial charge in [0.2, 0.25) is 5.91 Å². The second-order valence-electron chi connectivity index (χ2n) is 5.41. The van der Waals surface area contributed by atoms with Gasteiger partial charge in [-0.25, -0.2) is 4.79 Å². The lowest BCUT2D eigenvalue weighted by molar-refractivity contribution is -0.132. The summed E-state index contributed by atoms with van der Waals surface area (Å²) in [5.41, 5.74) is 2.31. The molecule has 0 saturated carbocycles. The van der Waals surface area contributed by atoms with Crippen molar-refractivity contribution in [1.29, 1.82) is 0 Å². The molecule has 5 nitrogen and oxygen atoms in total. The normalized spacial score (nSPS) is 14.8. The van der Waals surface area contributed by atoms with E-state index in [1.807, 2.05) is 17.0 Å². The molecule has 1 aromatic rings. The number of amides is 2. The molecular weight excluding hydrogens is 280 g/mol. The van der Waals surface area contributed by atoms with Crippen LogP contribution < -0.4 is 0 Å². The first-order valence-electron chi connectivity index (χ1n) is 7.91. The van der Waals surface area contributed by atoms with E-state index in [0.29, 0.717) is 39.2 Å². The summed E-state index contributed by atoms with van der Waals surface area (Å²) in [7, 11) is 0. The van der Waals surface area contributed by atoms with Gasteiger partial charge in [0.1, 0.15) is 0 Å². The summed E-state index contributed by atoms with van der Waals surface area (Å²) in [5, 5.41) is 0. The molecular formula is C17H24N2O3. The number of aryl methyl sites for hydroxylation is 1. The second-order valence-corrected chi connectivity index (χ2v) is 5.41. The zero-order valence-electron chi connectivity index (χ0n) is 13.4. The standard InChI is InChI=1S/C17H24N2O3/c1-3-14-5-7-15(8-6-14)13-16(20)18-9-11-19(12-10-18)17(21)22-4-2/h5-8H,3-4,9-13H2,1-2H3. The van der Waals surface area contributed by atoms with Crippen LogP contribution in [0.4, 0.5) is 4.79 Å². The van der Waals surface area contributed by atoms with E-state index in [0.717, 1.165) is 12.0 Å². The second kappa shape index (κ2) is 7.82. The highest BCUT2D eigenvalue weighted by Crippen LogP contribution is 2.10. The number of carbonyl (C=O) groups excluding carboxylic acids is 2. The lowest BCUT2D eigenvalue weighted by Gasteiger charge is -2.34. The van der Waals surface area contributed by atoms with Crippen LogP contribution in [0.15, 0.2) is 24.3 Å². The summed E-state index contributed by atoms with van der Waals surface area (Å²) in [6.07, 6.45) is 1.14. The van der Waals surface area contributed by atoms with E-state index < -0.39 is 0 Å². The minimum Gasteiger partial charge on any atom is -0.450 e. The van der Waals surface area contributed by atoms with Crippen LogP contribution in [0.25, 0.3) is 0 Å². The predicted octanol–water partition coefficient (Wildman–Crippen LogP) is 2.09. The highest BCUT2D eigenvalue weighted by molar-refractivity contribution is 5.79. The van der Waals surface area contributed by atoms with Crippen molar-refractivity contribution < 1.29 is 14.3 Å². The van der Waals surface area contributed by atoms with E-state index >= 15 is 0 Å². The maximum atomic E-state index is 12.3. The van der Waals surface area contributed by atoms with Gasteiger partial charge in [-0.2, -0.15) is 0 Å². The third kappa shape index (κ3) is 4.23. The quantitative estimate of drug-likeness (QED) is 0.856. The van der Waals surface area contributed by atoms with Gasteiger partial charge in [-0.15, -0.1) is 0 Å². The number of rotatable bonds is 4. The van der Waals surface area contributed by atoms with Gasteiger partial charge in [-0.05, 0) is 24.5 Å². The highest BCUT2D eigenvalue weighted by atomic mass is 16.6. The number of hydrogen-bond acceptors (Lipinski definition) is 3. The van der Waals surface area contributed by atoms with Crippen molar-refractivity contribution in [2.45, 2.75) is 26.7 Å². The minimum atomic E-state index is -0.287.